The molecule has 0 saturated carbocycles. The Balaban J connectivity index is 1.45. The lowest BCUT2D eigenvalue weighted by molar-refractivity contribution is 0.0952. The minimum absolute atomic E-state index is 0.0938. The summed E-state index contributed by atoms with van der Waals surface area (Å²) in [5.41, 5.74) is 4.15. The summed E-state index contributed by atoms with van der Waals surface area (Å²) in [7, 11) is -3.01. The predicted molar refractivity (Wildman–Crippen MR) is 108 cm³/mol. The van der Waals surface area contributed by atoms with Gasteiger partial charge in [0, 0.05) is 29.3 Å². The third-order valence-electron chi connectivity index (χ3n) is 5.46. The number of carbonyl (C=O) groups excluding carboxylic acids is 1. The van der Waals surface area contributed by atoms with Crippen LogP contribution in [0.3, 0.4) is 0 Å². The minimum atomic E-state index is -3.01. The molecule has 1 amide bonds. The number of benzene rings is 1. The molecule has 8 heteroatoms. The highest BCUT2D eigenvalue weighted by molar-refractivity contribution is 7.91. The number of amides is 1. The third-order valence-corrected chi connectivity index (χ3v) is 7.21. The van der Waals surface area contributed by atoms with Crippen LogP contribution in [-0.4, -0.2) is 47.1 Å². The molecule has 3 heterocycles. The number of sulfone groups is 1. The van der Waals surface area contributed by atoms with E-state index in [4.69, 9.17) is 0 Å². The molecular weight excluding hydrogens is 376 g/mol. The molecule has 0 spiro atoms. The Hall–Kier alpha value is -2.61. The van der Waals surface area contributed by atoms with E-state index in [0.29, 0.717) is 24.2 Å². The summed E-state index contributed by atoms with van der Waals surface area (Å²) in [6.45, 7) is 4.14. The number of nitrogens with one attached hydrogen (secondary N) is 2. The summed E-state index contributed by atoms with van der Waals surface area (Å²) in [4.78, 5) is 16.0. The largest absolute Gasteiger partial charge is 0.361 e. The number of aromatic nitrogens is 3. The average Bonchev–Trinajstić information content (AvgIpc) is 3.31. The molecule has 0 bridgehead atoms. The molecule has 0 aliphatic carbocycles. The van der Waals surface area contributed by atoms with E-state index in [1.165, 1.54) is 5.39 Å². The van der Waals surface area contributed by atoms with Gasteiger partial charge in [-0.1, -0.05) is 18.2 Å². The van der Waals surface area contributed by atoms with Crippen LogP contribution in [0.1, 0.15) is 39.8 Å². The van der Waals surface area contributed by atoms with E-state index in [1.54, 1.807) is 11.6 Å². The summed E-state index contributed by atoms with van der Waals surface area (Å²) in [6.07, 6.45) is 3.25. The van der Waals surface area contributed by atoms with Gasteiger partial charge in [0.05, 0.1) is 28.8 Å². The molecule has 1 saturated heterocycles. The molecule has 3 aromatic rings. The Kier molecular flexibility index (Phi) is 4.74. The average molecular weight is 401 g/mol. The molecule has 1 aliphatic rings. The molecule has 2 aromatic heterocycles. The number of aromatic amines is 1. The Morgan fingerprint density at radius 1 is 1.32 bits per heavy atom. The molecule has 2 N–H and O–H groups in total. The second-order valence-corrected chi connectivity index (χ2v) is 9.64. The van der Waals surface area contributed by atoms with Crippen LogP contribution in [0, 0.1) is 13.8 Å². The highest BCUT2D eigenvalue weighted by atomic mass is 32.2. The SMILES string of the molecule is Cc1nn([C@H]2CCS(=O)(=O)C2)c(C)c1C(=O)NCCc1c[nH]c2ccccc12. The number of fused-ring (bicyclic) bond motifs is 1. The summed E-state index contributed by atoms with van der Waals surface area (Å²) in [5, 5.41) is 8.61. The zero-order chi connectivity index (χ0) is 19.9. The van der Waals surface area contributed by atoms with Crippen LogP contribution in [0.25, 0.3) is 10.9 Å². The lowest BCUT2D eigenvalue weighted by Gasteiger charge is -2.11. The zero-order valence-electron chi connectivity index (χ0n) is 16.0. The van der Waals surface area contributed by atoms with Gasteiger partial charge in [-0.3, -0.25) is 9.48 Å². The lowest BCUT2D eigenvalue weighted by atomic mass is 10.1. The van der Waals surface area contributed by atoms with Gasteiger partial charge in [0.15, 0.2) is 9.84 Å². The van der Waals surface area contributed by atoms with Crippen LogP contribution < -0.4 is 5.32 Å². The Labute approximate surface area is 164 Å². The maximum atomic E-state index is 12.7. The monoisotopic (exact) mass is 400 g/mol. The van der Waals surface area contributed by atoms with Crippen LogP contribution in [0.2, 0.25) is 0 Å². The van der Waals surface area contributed by atoms with Gasteiger partial charge >= 0.3 is 0 Å². The molecule has 1 fully saturated rings. The van der Waals surface area contributed by atoms with Crippen molar-refractivity contribution in [3.8, 4) is 0 Å². The van der Waals surface area contributed by atoms with Crippen molar-refractivity contribution in [1.82, 2.24) is 20.1 Å². The number of hydrogen-bond acceptors (Lipinski definition) is 4. The van der Waals surface area contributed by atoms with Gasteiger partial charge in [-0.2, -0.15) is 5.10 Å². The topological polar surface area (TPSA) is 96.8 Å². The fourth-order valence-corrected chi connectivity index (χ4v) is 5.74. The molecule has 1 aromatic carbocycles. The van der Waals surface area contributed by atoms with Crippen molar-refractivity contribution in [3.05, 3.63) is 53.0 Å². The van der Waals surface area contributed by atoms with Gasteiger partial charge in [-0.15, -0.1) is 0 Å². The van der Waals surface area contributed by atoms with E-state index in [2.05, 4.69) is 21.5 Å². The number of nitrogens with zero attached hydrogens (tertiary/aromatic N) is 2. The van der Waals surface area contributed by atoms with Crippen molar-refractivity contribution >= 4 is 26.6 Å². The fraction of sp³-hybridized carbons (Fsp3) is 0.400. The number of carbonyl (C=O) groups is 1. The molecular formula is C20H24N4O3S. The van der Waals surface area contributed by atoms with Crippen LogP contribution in [0.5, 0.6) is 0 Å². The maximum absolute atomic E-state index is 12.7. The molecule has 4 rings (SSSR count). The number of aryl methyl sites for hydroxylation is 1. The summed E-state index contributed by atoms with van der Waals surface area (Å²) < 4.78 is 25.3. The second-order valence-electron chi connectivity index (χ2n) is 7.41. The van der Waals surface area contributed by atoms with Crippen molar-refractivity contribution in [2.75, 3.05) is 18.1 Å². The van der Waals surface area contributed by atoms with Crippen molar-refractivity contribution in [3.63, 3.8) is 0 Å². The number of para-hydroxylation sites is 1. The Morgan fingerprint density at radius 2 is 2.11 bits per heavy atom. The summed E-state index contributed by atoms with van der Waals surface area (Å²) in [6, 6.07) is 7.90. The smallest absolute Gasteiger partial charge is 0.255 e. The van der Waals surface area contributed by atoms with E-state index in [9.17, 15) is 13.2 Å². The first-order chi connectivity index (χ1) is 13.4. The molecule has 0 radical (unpaired) electrons. The number of hydrogen-bond donors (Lipinski definition) is 2. The normalized spacial score (nSPS) is 18.6. The van der Waals surface area contributed by atoms with Crippen molar-refractivity contribution in [1.29, 1.82) is 0 Å². The first-order valence-corrected chi connectivity index (χ1v) is 11.3. The Morgan fingerprint density at radius 3 is 2.86 bits per heavy atom. The first-order valence-electron chi connectivity index (χ1n) is 9.45. The van der Waals surface area contributed by atoms with Crippen molar-refractivity contribution in [2.45, 2.75) is 32.7 Å². The Bertz CT molecular complexity index is 1140. The fourth-order valence-electron chi connectivity index (χ4n) is 4.05. The summed E-state index contributed by atoms with van der Waals surface area (Å²) in [5.74, 6) is 0.112. The van der Waals surface area contributed by atoms with E-state index < -0.39 is 9.84 Å². The predicted octanol–water partition coefficient (Wildman–Crippen LogP) is 2.31. The van der Waals surface area contributed by atoms with Crippen LogP contribution in [0.15, 0.2) is 30.5 Å². The van der Waals surface area contributed by atoms with E-state index in [0.717, 1.165) is 23.2 Å². The zero-order valence-corrected chi connectivity index (χ0v) is 16.8. The molecule has 1 atom stereocenters. The van der Waals surface area contributed by atoms with Crippen molar-refractivity contribution < 1.29 is 13.2 Å². The lowest BCUT2D eigenvalue weighted by Crippen LogP contribution is -2.27. The molecule has 1 aliphatic heterocycles. The number of rotatable bonds is 5. The van der Waals surface area contributed by atoms with Gasteiger partial charge < -0.3 is 10.3 Å². The quantitative estimate of drug-likeness (QED) is 0.687. The van der Waals surface area contributed by atoms with Gasteiger partial charge in [0.25, 0.3) is 5.91 Å². The standard InChI is InChI=1S/C20H24N4O3S/c1-13-19(14(2)24(23-13)16-8-10-28(26,27)12-16)20(25)21-9-7-15-11-22-18-6-4-3-5-17(15)18/h3-6,11,16,22H,7-10,12H2,1-2H3,(H,21,25)/t16-/m0/s1. The molecule has 7 nitrogen and oxygen atoms in total. The van der Waals surface area contributed by atoms with Gasteiger partial charge in [-0.05, 0) is 38.3 Å². The highest BCUT2D eigenvalue weighted by Gasteiger charge is 2.32. The first kappa shape index (κ1) is 18.7. The third kappa shape index (κ3) is 3.44. The summed E-state index contributed by atoms with van der Waals surface area (Å²) >= 11 is 0. The van der Waals surface area contributed by atoms with E-state index in [-0.39, 0.29) is 23.5 Å². The van der Waals surface area contributed by atoms with Gasteiger partial charge in [-0.25, -0.2) is 8.42 Å². The van der Waals surface area contributed by atoms with Gasteiger partial charge in [0.2, 0.25) is 0 Å². The highest BCUT2D eigenvalue weighted by Crippen LogP contribution is 2.26. The van der Waals surface area contributed by atoms with Crippen LogP contribution >= 0.6 is 0 Å². The van der Waals surface area contributed by atoms with Crippen LogP contribution in [0.4, 0.5) is 0 Å². The van der Waals surface area contributed by atoms with Crippen LogP contribution in [-0.2, 0) is 16.3 Å². The molecule has 28 heavy (non-hydrogen) atoms. The van der Waals surface area contributed by atoms with Gasteiger partial charge in [0.1, 0.15) is 0 Å². The van der Waals surface area contributed by atoms with Crippen molar-refractivity contribution in [2.24, 2.45) is 0 Å². The molecule has 148 valence electrons. The molecule has 0 unspecified atom stereocenters. The maximum Gasteiger partial charge on any atom is 0.255 e. The second kappa shape index (κ2) is 7.09. The number of H-pyrrole nitrogens is 1. The van der Waals surface area contributed by atoms with E-state index in [1.807, 2.05) is 31.3 Å². The van der Waals surface area contributed by atoms with E-state index >= 15 is 0 Å². The minimum Gasteiger partial charge on any atom is -0.361 e.